The van der Waals surface area contributed by atoms with Crippen molar-refractivity contribution in [2.45, 2.75) is 51.2 Å². The molecule has 0 aliphatic carbocycles. The van der Waals surface area contributed by atoms with Crippen molar-refractivity contribution in [3.8, 4) is 17.7 Å². The number of aliphatic hydroxyl groups is 1. The van der Waals surface area contributed by atoms with Crippen LogP contribution in [0.4, 0.5) is 0 Å². The first-order valence-electron chi connectivity index (χ1n) is 12.1. The summed E-state index contributed by atoms with van der Waals surface area (Å²) < 4.78 is 33.7. The molecule has 0 unspecified atom stereocenters. The second-order valence-corrected chi connectivity index (χ2v) is 11.7. The van der Waals surface area contributed by atoms with Gasteiger partial charge in [0.1, 0.15) is 11.7 Å². The van der Waals surface area contributed by atoms with Gasteiger partial charge in [0.15, 0.2) is 0 Å². The molecule has 8 nitrogen and oxygen atoms in total. The highest BCUT2D eigenvalue weighted by molar-refractivity contribution is 7.89. The number of pyridine rings is 1. The minimum Gasteiger partial charge on any atom is -0.472 e. The lowest BCUT2D eigenvalue weighted by atomic mass is 10.00. The fourth-order valence-corrected chi connectivity index (χ4v) is 5.07. The molecule has 1 aromatic heterocycles. The van der Waals surface area contributed by atoms with Gasteiger partial charge in [0.2, 0.25) is 15.9 Å². The van der Waals surface area contributed by atoms with Gasteiger partial charge in [-0.1, -0.05) is 50.8 Å². The van der Waals surface area contributed by atoms with Crippen molar-refractivity contribution in [2.24, 2.45) is 11.8 Å². The number of aromatic nitrogens is 1. The zero-order chi connectivity index (χ0) is 26.5. The summed E-state index contributed by atoms with van der Waals surface area (Å²) in [6, 6.07) is 9.44. The molecule has 0 saturated heterocycles. The second-order valence-electron chi connectivity index (χ2n) is 9.70. The third kappa shape index (κ3) is 6.44. The van der Waals surface area contributed by atoms with E-state index in [0.29, 0.717) is 11.5 Å². The molecule has 2 heterocycles. The number of aliphatic hydroxyl groups excluding tert-OH is 1. The topological polar surface area (TPSA) is 100 Å². The highest BCUT2D eigenvalue weighted by Crippen LogP contribution is 2.28. The van der Waals surface area contributed by atoms with Crippen LogP contribution in [0.3, 0.4) is 0 Å². The highest BCUT2D eigenvalue weighted by Gasteiger charge is 2.35. The summed E-state index contributed by atoms with van der Waals surface area (Å²) in [7, 11) is -2.22. The maximum atomic E-state index is 13.5. The summed E-state index contributed by atoms with van der Waals surface area (Å²) in [5, 5.41) is 9.82. The third-order valence-corrected chi connectivity index (χ3v) is 7.99. The maximum Gasteiger partial charge on any atom is 0.259 e. The van der Waals surface area contributed by atoms with Gasteiger partial charge in [-0.2, -0.15) is 4.31 Å². The van der Waals surface area contributed by atoms with Crippen molar-refractivity contribution in [3.63, 3.8) is 0 Å². The SMILES string of the molecule is CC(C)CC#Cc1cnc2c(c1)C(=O)N([C@@H](C)CO)C[C@@H](C)[C@H](CN(C)S(=O)(=O)c1ccccc1)O2. The van der Waals surface area contributed by atoms with E-state index < -0.39 is 22.2 Å². The first-order chi connectivity index (χ1) is 17.0. The summed E-state index contributed by atoms with van der Waals surface area (Å²) in [4.78, 5) is 19.7. The third-order valence-electron chi connectivity index (χ3n) is 6.15. The molecule has 0 saturated carbocycles. The molecule has 3 rings (SSSR count). The van der Waals surface area contributed by atoms with E-state index in [1.807, 2.05) is 6.92 Å². The van der Waals surface area contributed by atoms with Crippen LogP contribution in [0.1, 0.15) is 50.0 Å². The number of benzene rings is 1. The van der Waals surface area contributed by atoms with Crippen molar-refractivity contribution in [1.82, 2.24) is 14.2 Å². The van der Waals surface area contributed by atoms with E-state index in [9.17, 15) is 18.3 Å². The van der Waals surface area contributed by atoms with Gasteiger partial charge in [0, 0.05) is 37.7 Å². The highest BCUT2D eigenvalue weighted by atomic mass is 32.2. The average molecular weight is 514 g/mol. The van der Waals surface area contributed by atoms with Crippen LogP contribution in [0.15, 0.2) is 47.5 Å². The smallest absolute Gasteiger partial charge is 0.259 e. The molecule has 1 aromatic carbocycles. The monoisotopic (exact) mass is 513 g/mol. The minimum absolute atomic E-state index is 0.0605. The lowest BCUT2D eigenvalue weighted by Gasteiger charge is -2.37. The molecule has 1 aliphatic rings. The van der Waals surface area contributed by atoms with E-state index in [1.54, 1.807) is 54.4 Å². The molecule has 36 heavy (non-hydrogen) atoms. The van der Waals surface area contributed by atoms with E-state index in [4.69, 9.17) is 4.74 Å². The van der Waals surface area contributed by atoms with Gasteiger partial charge >= 0.3 is 0 Å². The van der Waals surface area contributed by atoms with Crippen LogP contribution in [0.2, 0.25) is 0 Å². The molecule has 194 valence electrons. The van der Waals surface area contributed by atoms with E-state index in [1.165, 1.54) is 11.4 Å². The van der Waals surface area contributed by atoms with E-state index >= 15 is 0 Å². The Labute approximate surface area is 214 Å². The van der Waals surface area contributed by atoms with Gasteiger partial charge in [-0.3, -0.25) is 4.79 Å². The van der Waals surface area contributed by atoms with Crippen LogP contribution < -0.4 is 4.74 Å². The lowest BCUT2D eigenvalue weighted by molar-refractivity contribution is 0.0373. The molecular formula is C27H35N3O5S. The summed E-state index contributed by atoms with van der Waals surface area (Å²) >= 11 is 0. The minimum atomic E-state index is -3.74. The van der Waals surface area contributed by atoms with E-state index in [-0.39, 0.29) is 47.9 Å². The number of carbonyl (C=O) groups excluding carboxylic acids is 1. The van der Waals surface area contributed by atoms with Crippen LogP contribution in [-0.2, 0) is 10.0 Å². The lowest BCUT2D eigenvalue weighted by Crippen LogP contribution is -2.50. The summed E-state index contributed by atoms with van der Waals surface area (Å²) in [5.74, 6) is 6.17. The fraction of sp³-hybridized carbons (Fsp3) is 0.481. The van der Waals surface area contributed by atoms with Gasteiger partial charge in [0.05, 0.1) is 24.1 Å². The zero-order valence-electron chi connectivity index (χ0n) is 21.5. The standard InChI is InChI=1S/C27H35N3O5S/c1-19(2)10-9-11-22-14-24-26(28-15-22)35-25(20(3)16-30(27(24)32)21(4)18-31)17-29(5)36(33,34)23-12-7-6-8-13-23/h6-8,12-15,19-21,25,31H,10,16-18H2,1-5H3/t20-,21+,25+/m1/s1. The maximum absolute atomic E-state index is 13.5. The van der Waals surface area contributed by atoms with Crippen LogP contribution >= 0.6 is 0 Å². The first kappa shape index (κ1) is 27.7. The van der Waals surface area contributed by atoms with Gasteiger partial charge in [0.25, 0.3) is 5.91 Å². The number of ether oxygens (including phenoxy) is 1. The van der Waals surface area contributed by atoms with Crippen molar-refractivity contribution in [3.05, 3.63) is 53.7 Å². The molecule has 1 N–H and O–H groups in total. The molecule has 3 atom stereocenters. The van der Waals surface area contributed by atoms with Gasteiger partial charge in [-0.05, 0) is 31.0 Å². The fourth-order valence-electron chi connectivity index (χ4n) is 3.87. The molecule has 1 aliphatic heterocycles. The summed E-state index contributed by atoms with van der Waals surface area (Å²) in [6.45, 7) is 7.97. The number of sulfonamides is 1. The van der Waals surface area contributed by atoms with E-state index in [0.717, 1.165) is 6.42 Å². The molecule has 0 spiro atoms. The molecule has 0 fully saturated rings. The Morgan fingerprint density at radius 3 is 2.58 bits per heavy atom. The molecule has 9 heteroatoms. The Kier molecular flexibility index (Phi) is 9.12. The Morgan fingerprint density at radius 2 is 1.94 bits per heavy atom. The number of amides is 1. The largest absolute Gasteiger partial charge is 0.472 e. The Balaban J connectivity index is 1.97. The Hall–Kier alpha value is -2.93. The van der Waals surface area contributed by atoms with Crippen molar-refractivity contribution < 1.29 is 23.1 Å². The molecular weight excluding hydrogens is 478 g/mol. The quantitative estimate of drug-likeness (QED) is 0.572. The average Bonchev–Trinajstić information content (AvgIpc) is 2.86. The molecule has 0 bridgehead atoms. The number of nitrogens with zero attached hydrogens (tertiary/aromatic N) is 3. The summed E-state index contributed by atoms with van der Waals surface area (Å²) in [5.41, 5.74) is 0.842. The van der Waals surface area contributed by atoms with Crippen LogP contribution in [0.25, 0.3) is 0 Å². The number of likely N-dealkylation sites (N-methyl/N-ethyl adjacent to an activating group) is 1. The zero-order valence-corrected chi connectivity index (χ0v) is 22.3. The number of rotatable bonds is 7. The van der Waals surface area contributed by atoms with Crippen molar-refractivity contribution in [1.29, 1.82) is 0 Å². The molecule has 1 amide bonds. The van der Waals surface area contributed by atoms with Crippen molar-refractivity contribution >= 4 is 15.9 Å². The Bertz CT molecular complexity index is 1220. The number of fused-ring (bicyclic) bond motifs is 1. The van der Waals surface area contributed by atoms with Gasteiger partial charge < -0.3 is 14.7 Å². The van der Waals surface area contributed by atoms with Gasteiger partial charge in [-0.25, -0.2) is 13.4 Å². The molecule has 0 radical (unpaired) electrons. The summed E-state index contributed by atoms with van der Waals surface area (Å²) in [6.07, 6.45) is 1.70. The first-order valence-corrected chi connectivity index (χ1v) is 13.6. The normalized spacial score (nSPS) is 19.1. The predicted octanol–water partition coefficient (Wildman–Crippen LogP) is 3.02. The predicted molar refractivity (Wildman–Crippen MR) is 138 cm³/mol. The second kappa shape index (κ2) is 11.9. The Morgan fingerprint density at radius 1 is 1.25 bits per heavy atom. The van der Waals surface area contributed by atoms with Crippen LogP contribution in [-0.4, -0.2) is 72.5 Å². The van der Waals surface area contributed by atoms with Crippen LogP contribution in [0, 0.1) is 23.7 Å². The molecule has 2 aromatic rings. The number of carbonyl (C=O) groups is 1. The number of hydrogen-bond donors (Lipinski definition) is 1. The number of hydrogen-bond acceptors (Lipinski definition) is 6. The van der Waals surface area contributed by atoms with Gasteiger partial charge in [-0.15, -0.1) is 0 Å². The van der Waals surface area contributed by atoms with Crippen molar-refractivity contribution in [2.75, 3.05) is 26.7 Å². The van der Waals surface area contributed by atoms with Crippen LogP contribution in [0.5, 0.6) is 5.88 Å². The van der Waals surface area contributed by atoms with E-state index in [2.05, 4.69) is 30.7 Å².